The molecule has 4 heteroatoms. The van der Waals surface area contributed by atoms with Gasteiger partial charge in [-0.1, -0.05) is 29.8 Å². The van der Waals surface area contributed by atoms with Crippen LogP contribution in [0.15, 0.2) is 42.5 Å². The average Bonchev–Trinajstić information content (AvgIpc) is 2.38. The molecule has 2 aromatic rings. The Morgan fingerprint density at radius 1 is 1.16 bits per heavy atom. The minimum Gasteiger partial charge on any atom is -0.497 e. The molecule has 0 aliphatic heterocycles. The van der Waals surface area contributed by atoms with E-state index in [1.807, 2.05) is 0 Å². The highest BCUT2D eigenvalue weighted by atomic mass is 35.5. The zero-order chi connectivity index (χ0) is 14.0. The highest BCUT2D eigenvalue weighted by Crippen LogP contribution is 2.35. The summed E-state index contributed by atoms with van der Waals surface area (Å²) in [4.78, 5) is 0. The molecule has 100 valence electrons. The van der Waals surface area contributed by atoms with Crippen molar-refractivity contribution in [1.82, 2.24) is 0 Å². The Kier molecular flexibility index (Phi) is 3.78. The van der Waals surface area contributed by atoms with E-state index >= 15 is 0 Å². The Bertz CT molecular complexity index is 596. The highest BCUT2D eigenvalue weighted by Gasteiger charge is 2.30. The molecule has 0 bridgehead atoms. The first-order chi connectivity index (χ1) is 8.96. The van der Waals surface area contributed by atoms with Crippen LogP contribution >= 0.6 is 11.6 Å². The number of hydrogen-bond donors (Lipinski definition) is 1. The third-order valence-corrected chi connectivity index (χ3v) is 3.43. The Balaban J connectivity index is 2.53. The van der Waals surface area contributed by atoms with E-state index < -0.39 is 11.4 Å². The van der Waals surface area contributed by atoms with Crippen LogP contribution in [-0.4, -0.2) is 12.2 Å². The van der Waals surface area contributed by atoms with E-state index in [1.54, 1.807) is 30.3 Å². The molecule has 0 fully saturated rings. The van der Waals surface area contributed by atoms with Crippen LogP contribution in [0.25, 0.3) is 0 Å². The quantitative estimate of drug-likeness (QED) is 0.928. The molecule has 1 N–H and O–H groups in total. The number of rotatable bonds is 3. The van der Waals surface area contributed by atoms with Gasteiger partial charge < -0.3 is 9.84 Å². The largest absolute Gasteiger partial charge is 0.497 e. The molecule has 2 aromatic carbocycles. The molecule has 0 heterocycles. The predicted molar refractivity (Wildman–Crippen MR) is 73.1 cm³/mol. The summed E-state index contributed by atoms with van der Waals surface area (Å²) in [6, 6.07) is 11.2. The van der Waals surface area contributed by atoms with Gasteiger partial charge in [-0.05, 0) is 25.1 Å². The van der Waals surface area contributed by atoms with Crippen molar-refractivity contribution < 1.29 is 14.2 Å². The summed E-state index contributed by atoms with van der Waals surface area (Å²) in [6.45, 7) is 1.51. The van der Waals surface area contributed by atoms with Crippen molar-refractivity contribution in [3.63, 3.8) is 0 Å². The topological polar surface area (TPSA) is 29.5 Å². The van der Waals surface area contributed by atoms with Crippen molar-refractivity contribution in [2.45, 2.75) is 12.5 Å². The molecule has 0 aromatic heterocycles. The Morgan fingerprint density at radius 2 is 1.84 bits per heavy atom. The number of halogens is 2. The predicted octanol–water partition coefficient (Wildman–Crippen LogP) is 3.74. The maximum Gasteiger partial charge on any atom is 0.133 e. The zero-order valence-electron chi connectivity index (χ0n) is 10.7. The lowest BCUT2D eigenvalue weighted by Crippen LogP contribution is -2.24. The van der Waals surface area contributed by atoms with Crippen LogP contribution in [0.3, 0.4) is 0 Å². The van der Waals surface area contributed by atoms with Gasteiger partial charge in [0.05, 0.1) is 7.11 Å². The standard InChI is InChI=1S/C15H14ClFO2/c1-15(18,11-5-3-4-6-13(11)16)12-8-7-10(19-2)9-14(12)17/h3-9,18H,1-2H3. The molecule has 0 radical (unpaired) electrons. The summed E-state index contributed by atoms with van der Waals surface area (Å²) >= 11 is 6.06. The smallest absolute Gasteiger partial charge is 0.133 e. The molecule has 1 unspecified atom stereocenters. The minimum absolute atomic E-state index is 0.154. The Hall–Kier alpha value is -1.58. The second-order valence-electron chi connectivity index (χ2n) is 4.40. The third kappa shape index (κ3) is 2.57. The average molecular weight is 281 g/mol. The highest BCUT2D eigenvalue weighted by molar-refractivity contribution is 6.31. The van der Waals surface area contributed by atoms with Crippen molar-refractivity contribution in [1.29, 1.82) is 0 Å². The first kappa shape index (κ1) is 13.8. The lowest BCUT2D eigenvalue weighted by atomic mass is 9.88. The van der Waals surface area contributed by atoms with Crippen LogP contribution in [-0.2, 0) is 5.60 Å². The maximum atomic E-state index is 14.1. The molecule has 2 rings (SSSR count). The monoisotopic (exact) mass is 280 g/mol. The number of aliphatic hydroxyl groups is 1. The molecule has 0 saturated heterocycles. The SMILES string of the molecule is COc1ccc(C(C)(O)c2ccccc2Cl)c(F)c1. The fraction of sp³-hybridized carbons (Fsp3) is 0.200. The van der Waals surface area contributed by atoms with Crippen LogP contribution in [0.5, 0.6) is 5.75 Å². The van der Waals surface area contributed by atoms with Gasteiger partial charge in [0.25, 0.3) is 0 Å². The number of ether oxygens (including phenoxy) is 1. The van der Waals surface area contributed by atoms with Crippen LogP contribution in [0.4, 0.5) is 4.39 Å². The lowest BCUT2D eigenvalue weighted by Gasteiger charge is -2.26. The van der Waals surface area contributed by atoms with E-state index in [9.17, 15) is 9.50 Å². The molecule has 0 saturated carbocycles. The van der Waals surface area contributed by atoms with Crippen LogP contribution in [0, 0.1) is 5.82 Å². The van der Waals surface area contributed by atoms with Gasteiger partial charge in [-0.25, -0.2) is 4.39 Å². The minimum atomic E-state index is -1.51. The molecule has 0 aliphatic rings. The molecule has 0 spiro atoms. The van der Waals surface area contributed by atoms with Crippen molar-refractivity contribution in [3.8, 4) is 5.75 Å². The van der Waals surface area contributed by atoms with Gasteiger partial charge in [0, 0.05) is 22.2 Å². The molecule has 19 heavy (non-hydrogen) atoms. The molecule has 1 atom stereocenters. The fourth-order valence-electron chi connectivity index (χ4n) is 2.02. The Labute approximate surface area is 116 Å². The van der Waals surface area contributed by atoms with Gasteiger partial charge in [0.15, 0.2) is 0 Å². The van der Waals surface area contributed by atoms with Crippen molar-refractivity contribution >= 4 is 11.6 Å². The van der Waals surface area contributed by atoms with Crippen LogP contribution in [0.2, 0.25) is 5.02 Å². The molecule has 0 amide bonds. The number of hydrogen-bond acceptors (Lipinski definition) is 2. The summed E-state index contributed by atoms with van der Waals surface area (Å²) in [6.07, 6.45) is 0. The second kappa shape index (κ2) is 5.19. The van der Waals surface area contributed by atoms with Gasteiger partial charge in [0.1, 0.15) is 17.2 Å². The van der Waals surface area contributed by atoms with E-state index in [-0.39, 0.29) is 5.56 Å². The van der Waals surface area contributed by atoms with Crippen molar-refractivity contribution in [3.05, 3.63) is 64.4 Å². The Morgan fingerprint density at radius 3 is 2.42 bits per heavy atom. The molecular formula is C15H14ClFO2. The third-order valence-electron chi connectivity index (χ3n) is 3.10. The van der Waals surface area contributed by atoms with E-state index in [0.717, 1.165) is 0 Å². The van der Waals surface area contributed by atoms with E-state index in [2.05, 4.69) is 0 Å². The van der Waals surface area contributed by atoms with E-state index in [4.69, 9.17) is 16.3 Å². The van der Waals surface area contributed by atoms with Gasteiger partial charge in [-0.15, -0.1) is 0 Å². The van der Waals surface area contributed by atoms with Gasteiger partial charge >= 0.3 is 0 Å². The van der Waals surface area contributed by atoms with Crippen LogP contribution < -0.4 is 4.74 Å². The maximum absolute atomic E-state index is 14.1. The van der Waals surface area contributed by atoms with Crippen LogP contribution in [0.1, 0.15) is 18.1 Å². The van der Waals surface area contributed by atoms with E-state index in [1.165, 1.54) is 26.2 Å². The molecule has 0 aliphatic carbocycles. The van der Waals surface area contributed by atoms with Crippen molar-refractivity contribution in [2.24, 2.45) is 0 Å². The van der Waals surface area contributed by atoms with E-state index in [0.29, 0.717) is 16.3 Å². The van der Waals surface area contributed by atoms with Gasteiger partial charge in [-0.2, -0.15) is 0 Å². The number of benzene rings is 2. The normalized spacial score (nSPS) is 13.9. The first-order valence-corrected chi connectivity index (χ1v) is 6.16. The molecular weight excluding hydrogens is 267 g/mol. The summed E-state index contributed by atoms with van der Waals surface area (Å²) in [5.41, 5.74) is -0.892. The lowest BCUT2D eigenvalue weighted by molar-refractivity contribution is 0.0980. The van der Waals surface area contributed by atoms with Crippen molar-refractivity contribution in [2.75, 3.05) is 7.11 Å². The summed E-state index contributed by atoms with van der Waals surface area (Å²) in [5.74, 6) is -0.138. The fourth-order valence-corrected chi connectivity index (χ4v) is 2.34. The zero-order valence-corrected chi connectivity index (χ0v) is 11.4. The summed E-state index contributed by atoms with van der Waals surface area (Å²) in [5, 5.41) is 11.0. The summed E-state index contributed by atoms with van der Waals surface area (Å²) in [7, 11) is 1.46. The van der Waals surface area contributed by atoms with Gasteiger partial charge in [-0.3, -0.25) is 0 Å². The van der Waals surface area contributed by atoms with Gasteiger partial charge in [0.2, 0.25) is 0 Å². The summed E-state index contributed by atoms with van der Waals surface area (Å²) < 4.78 is 19.0. The second-order valence-corrected chi connectivity index (χ2v) is 4.81. The molecule has 2 nitrogen and oxygen atoms in total. The number of methoxy groups -OCH3 is 1. The first-order valence-electron chi connectivity index (χ1n) is 5.78.